The van der Waals surface area contributed by atoms with Crippen molar-refractivity contribution in [3.8, 4) is 0 Å². The highest BCUT2D eigenvalue weighted by atomic mass is 15.1. The average Bonchev–Trinajstić information content (AvgIpc) is 3.21. The molecule has 9 rings (SSSR count). The van der Waals surface area contributed by atoms with Crippen LogP contribution in [-0.2, 0) is 0 Å². The summed E-state index contributed by atoms with van der Waals surface area (Å²) in [6.45, 7) is 9.37. The lowest BCUT2D eigenvalue weighted by Crippen LogP contribution is -2.11. The van der Waals surface area contributed by atoms with Gasteiger partial charge in [0, 0.05) is 33.5 Å². The molecule has 2 nitrogen and oxygen atoms in total. The molecule has 0 atom stereocenters. The predicted molar refractivity (Wildman–Crippen MR) is 234 cm³/mol. The van der Waals surface area contributed by atoms with Crippen molar-refractivity contribution in [1.82, 2.24) is 0 Å². The molecule has 0 aliphatic rings. The Kier molecular flexibility index (Phi) is 8.60. The average molecular weight is 697 g/mol. The van der Waals surface area contributed by atoms with Gasteiger partial charge in [-0.1, -0.05) is 149 Å². The van der Waals surface area contributed by atoms with Crippen LogP contribution in [-0.4, -0.2) is 0 Å². The summed E-state index contributed by atoms with van der Waals surface area (Å²) in [5.41, 5.74) is 9.72. The molecular formula is C52H44N2. The highest BCUT2D eigenvalue weighted by Crippen LogP contribution is 2.47. The third kappa shape index (κ3) is 5.76. The second kappa shape index (κ2) is 13.9. The van der Waals surface area contributed by atoms with Crippen molar-refractivity contribution in [1.29, 1.82) is 0 Å². The van der Waals surface area contributed by atoms with E-state index in [2.05, 4.69) is 219 Å². The van der Waals surface area contributed by atoms with Crippen LogP contribution in [0.5, 0.6) is 0 Å². The molecule has 9 aromatic carbocycles. The summed E-state index contributed by atoms with van der Waals surface area (Å²) >= 11 is 0. The van der Waals surface area contributed by atoms with E-state index in [0.29, 0.717) is 11.8 Å². The van der Waals surface area contributed by atoms with E-state index in [4.69, 9.17) is 0 Å². The molecule has 0 aliphatic carbocycles. The van der Waals surface area contributed by atoms with E-state index in [1.807, 2.05) is 0 Å². The minimum absolute atomic E-state index is 0.309. The summed E-state index contributed by atoms with van der Waals surface area (Å²) in [4.78, 5) is 4.85. The molecule has 0 saturated heterocycles. The lowest BCUT2D eigenvalue weighted by molar-refractivity contribution is 0.873. The fourth-order valence-electron chi connectivity index (χ4n) is 8.61. The Balaban J connectivity index is 1.30. The summed E-state index contributed by atoms with van der Waals surface area (Å²) < 4.78 is 0. The van der Waals surface area contributed by atoms with Crippen molar-refractivity contribution >= 4 is 77.2 Å². The van der Waals surface area contributed by atoms with Gasteiger partial charge in [-0.25, -0.2) is 0 Å². The molecule has 0 N–H and O–H groups in total. The zero-order valence-electron chi connectivity index (χ0n) is 31.4. The van der Waals surface area contributed by atoms with Gasteiger partial charge in [-0.2, -0.15) is 0 Å². The van der Waals surface area contributed by atoms with Gasteiger partial charge in [0.15, 0.2) is 0 Å². The molecule has 0 amide bonds. The quantitative estimate of drug-likeness (QED) is 0.146. The van der Waals surface area contributed by atoms with E-state index in [9.17, 15) is 0 Å². The first-order valence-corrected chi connectivity index (χ1v) is 19.2. The first-order valence-electron chi connectivity index (χ1n) is 19.2. The third-order valence-electron chi connectivity index (χ3n) is 10.9. The van der Waals surface area contributed by atoms with Crippen molar-refractivity contribution in [2.45, 2.75) is 39.5 Å². The Morgan fingerprint density at radius 1 is 0.296 bits per heavy atom. The molecule has 262 valence electrons. The van der Waals surface area contributed by atoms with Crippen LogP contribution in [0.1, 0.15) is 50.7 Å². The van der Waals surface area contributed by atoms with Gasteiger partial charge >= 0.3 is 0 Å². The van der Waals surface area contributed by atoms with E-state index in [0.717, 1.165) is 22.7 Å². The number of fused-ring (bicyclic) bond motifs is 4. The summed E-state index contributed by atoms with van der Waals surface area (Å²) in [6.07, 6.45) is 0. The Labute approximate surface area is 318 Å². The highest BCUT2D eigenvalue weighted by molar-refractivity contribution is 6.10. The van der Waals surface area contributed by atoms with Crippen molar-refractivity contribution in [3.05, 3.63) is 193 Å². The first kappa shape index (κ1) is 33.5. The molecule has 2 heteroatoms. The van der Waals surface area contributed by atoms with Crippen molar-refractivity contribution in [2.75, 3.05) is 9.80 Å². The van der Waals surface area contributed by atoms with Crippen molar-refractivity contribution < 1.29 is 0 Å². The normalized spacial score (nSPS) is 11.7. The van der Waals surface area contributed by atoms with Gasteiger partial charge in [0.1, 0.15) is 0 Å². The Bertz CT molecular complexity index is 2580. The number of anilines is 6. The fraction of sp³-hybridized carbons (Fsp3) is 0.115. The van der Waals surface area contributed by atoms with E-state index < -0.39 is 0 Å². The Morgan fingerprint density at radius 3 is 1.07 bits per heavy atom. The lowest BCUT2D eigenvalue weighted by atomic mass is 9.83. The third-order valence-corrected chi connectivity index (χ3v) is 10.9. The number of rotatable bonds is 8. The maximum atomic E-state index is 2.45. The van der Waals surface area contributed by atoms with E-state index >= 15 is 0 Å². The molecule has 0 saturated carbocycles. The monoisotopic (exact) mass is 696 g/mol. The number of nitrogens with zero attached hydrogens (tertiary/aromatic N) is 2. The largest absolute Gasteiger partial charge is 0.310 e. The van der Waals surface area contributed by atoms with E-state index in [1.165, 1.54) is 65.6 Å². The summed E-state index contributed by atoms with van der Waals surface area (Å²) in [6, 6.07) is 66.5. The number of benzene rings is 9. The summed E-state index contributed by atoms with van der Waals surface area (Å²) in [5, 5.41) is 10.2. The number of para-hydroxylation sites is 2. The van der Waals surface area contributed by atoms with Gasteiger partial charge in [-0.3, -0.25) is 0 Å². The van der Waals surface area contributed by atoms with Crippen LogP contribution in [0.3, 0.4) is 0 Å². The van der Waals surface area contributed by atoms with Crippen LogP contribution in [0.15, 0.2) is 182 Å². The lowest BCUT2D eigenvalue weighted by Gasteiger charge is -2.29. The molecule has 0 aromatic heterocycles. The highest BCUT2D eigenvalue weighted by Gasteiger charge is 2.23. The van der Waals surface area contributed by atoms with Crippen LogP contribution >= 0.6 is 0 Å². The van der Waals surface area contributed by atoms with E-state index in [1.54, 1.807) is 0 Å². The van der Waals surface area contributed by atoms with Gasteiger partial charge in [0.2, 0.25) is 0 Å². The first-order chi connectivity index (χ1) is 26.5. The SMILES string of the molecule is CC(C)c1c2ccc(N(c3ccccc3)c3cccc4ccccc34)cc2c(C(C)C)c2ccc(N(c3ccccc3)c3cccc4ccccc34)cc12. The maximum absolute atomic E-state index is 2.45. The molecule has 0 spiro atoms. The van der Waals surface area contributed by atoms with Gasteiger partial charge in [0.05, 0.1) is 11.4 Å². The predicted octanol–water partition coefficient (Wildman–Crippen LogP) is 15.5. The molecule has 54 heavy (non-hydrogen) atoms. The smallest absolute Gasteiger partial charge is 0.0540 e. The van der Waals surface area contributed by atoms with Crippen LogP contribution < -0.4 is 9.80 Å². The number of hydrogen-bond acceptors (Lipinski definition) is 2. The zero-order valence-corrected chi connectivity index (χ0v) is 31.4. The molecule has 0 unspecified atom stereocenters. The molecule has 0 bridgehead atoms. The van der Waals surface area contributed by atoms with Crippen LogP contribution in [0.2, 0.25) is 0 Å². The topological polar surface area (TPSA) is 6.48 Å². The summed E-state index contributed by atoms with van der Waals surface area (Å²) in [5.74, 6) is 0.617. The van der Waals surface area contributed by atoms with Gasteiger partial charge in [0.25, 0.3) is 0 Å². The minimum atomic E-state index is 0.309. The number of hydrogen-bond donors (Lipinski definition) is 0. The van der Waals surface area contributed by atoms with Crippen LogP contribution in [0, 0.1) is 0 Å². The van der Waals surface area contributed by atoms with Crippen LogP contribution in [0.4, 0.5) is 34.1 Å². The second-order valence-corrected chi connectivity index (χ2v) is 14.9. The fourth-order valence-corrected chi connectivity index (χ4v) is 8.61. The Morgan fingerprint density at radius 2 is 0.667 bits per heavy atom. The molecule has 9 aromatic rings. The molecule has 0 radical (unpaired) electrons. The standard InChI is InChI=1S/C52H44N2/c1-35(2)51-45-31-29-42(54(40-23-9-6-10-24-40)50-28-16-20-38-18-12-14-26-44(38)50)34-48(45)52(36(3)4)46-32-30-41(33-47(46)51)53(39-21-7-5-8-22-39)49-27-15-19-37-17-11-13-25-43(37)49/h5-36H,1-4H3. The van der Waals surface area contributed by atoms with Crippen molar-refractivity contribution in [2.24, 2.45) is 0 Å². The van der Waals surface area contributed by atoms with Gasteiger partial charge in [-0.15, -0.1) is 0 Å². The maximum Gasteiger partial charge on any atom is 0.0540 e. The summed E-state index contributed by atoms with van der Waals surface area (Å²) in [7, 11) is 0. The zero-order chi connectivity index (χ0) is 36.8. The molecule has 0 fully saturated rings. The van der Waals surface area contributed by atoms with Crippen molar-refractivity contribution in [3.63, 3.8) is 0 Å². The second-order valence-electron chi connectivity index (χ2n) is 14.9. The van der Waals surface area contributed by atoms with E-state index in [-0.39, 0.29) is 0 Å². The molecule has 0 aliphatic heterocycles. The van der Waals surface area contributed by atoms with Gasteiger partial charge in [-0.05, 0) is 116 Å². The minimum Gasteiger partial charge on any atom is -0.310 e. The van der Waals surface area contributed by atoms with Crippen LogP contribution in [0.25, 0.3) is 43.1 Å². The Hall–Kier alpha value is -6.38. The van der Waals surface area contributed by atoms with Gasteiger partial charge < -0.3 is 9.80 Å². The molecule has 0 heterocycles. The molecular weight excluding hydrogens is 653 g/mol.